The number of ether oxygens (including phenoxy) is 1. The molecule has 0 radical (unpaired) electrons. The van der Waals surface area contributed by atoms with Crippen molar-refractivity contribution in [3.05, 3.63) is 29.8 Å². The van der Waals surface area contributed by atoms with Gasteiger partial charge in [0.25, 0.3) is 0 Å². The minimum atomic E-state index is -0.703. The van der Waals surface area contributed by atoms with Gasteiger partial charge in [0.05, 0.1) is 13.2 Å². The van der Waals surface area contributed by atoms with E-state index in [4.69, 9.17) is 4.74 Å². The molecule has 1 aromatic carbocycles. The van der Waals surface area contributed by atoms with Crippen LogP contribution in [0.1, 0.15) is 43.8 Å². The average Bonchev–Trinajstić information content (AvgIpc) is 2.62. The Bertz CT molecular complexity index is 414. The van der Waals surface area contributed by atoms with Crippen LogP contribution in [0.25, 0.3) is 0 Å². The number of benzene rings is 1. The molecule has 2 rings (SSSR count). The molecule has 18 heavy (non-hydrogen) atoms. The number of carbonyl (C=O) groups is 1. The lowest BCUT2D eigenvalue weighted by Crippen LogP contribution is -2.21. The molecular weight excluding hydrogens is 228 g/mol. The van der Waals surface area contributed by atoms with Crippen molar-refractivity contribution in [2.45, 2.75) is 38.2 Å². The normalized spacial score (nSPS) is 22.3. The number of hydrogen-bond acceptors (Lipinski definition) is 3. The Morgan fingerprint density at radius 1 is 1.33 bits per heavy atom. The van der Waals surface area contributed by atoms with Gasteiger partial charge in [-0.3, -0.25) is 4.79 Å². The number of ketones is 1. The molecular formula is C15H20O3. The van der Waals surface area contributed by atoms with Gasteiger partial charge in [-0.05, 0) is 30.5 Å². The molecule has 1 fully saturated rings. The van der Waals surface area contributed by atoms with E-state index >= 15 is 0 Å². The first-order valence-corrected chi connectivity index (χ1v) is 6.57. The zero-order valence-electron chi connectivity index (χ0n) is 10.8. The van der Waals surface area contributed by atoms with Gasteiger partial charge in [-0.1, -0.05) is 25.0 Å². The summed E-state index contributed by atoms with van der Waals surface area (Å²) in [6.45, 7) is 0. The highest BCUT2D eigenvalue weighted by atomic mass is 16.5. The third-order valence-corrected chi connectivity index (χ3v) is 3.67. The van der Waals surface area contributed by atoms with E-state index in [-0.39, 0.29) is 11.7 Å². The van der Waals surface area contributed by atoms with Gasteiger partial charge >= 0.3 is 0 Å². The largest absolute Gasteiger partial charge is 0.497 e. The van der Waals surface area contributed by atoms with Crippen LogP contribution in [-0.4, -0.2) is 18.0 Å². The molecule has 0 aromatic heterocycles. The molecule has 1 N–H and O–H groups in total. The van der Waals surface area contributed by atoms with Gasteiger partial charge < -0.3 is 9.84 Å². The summed E-state index contributed by atoms with van der Waals surface area (Å²) in [7, 11) is 1.60. The summed E-state index contributed by atoms with van der Waals surface area (Å²) in [6.07, 6.45) is 3.76. The van der Waals surface area contributed by atoms with Crippen LogP contribution < -0.4 is 4.74 Å². The molecule has 0 saturated heterocycles. The van der Waals surface area contributed by atoms with E-state index < -0.39 is 6.10 Å². The molecule has 1 aromatic rings. The monoisotopic (exact) mass is 248 g/mol. The summed E-state index contributed by atoms with van der Waals surface area (Å²) in [4.78, 5) is 12.0. The Hall–Kier alpha value is -1.35. The van der Waals surface area contributed by atoms with Crippen LogP contribution in [-0.2, 0) is 4.79 Å². The van der Waals surface area contributed by atoms with Crippen molar-refractivity contribution in [2.24, 2.45) is 5.92 Å². The van der Waals surface area contributed by atoms with Crippen molar-refractivity contribution in [1.29, 1.82) is 0 Å². The Morgan fingerprint density at radius 2 is 2.17 bits per heavy atom. The predicted octanol–water partition coefficient (Wildman–Crippen LogP) is 2.88. The third-order valence-electron chi connectivity index (χ3n) is 3.67. The topological polar surface area (TPSA) is 46.5 Å². The average molecular weight is 248 g/mol. The van der Waals surface area contributed by atoms with Gasteiger partial charge in [-0.25, -0.2) is 0 Å². The number of hydrogen-bond donors (Lipinski definition) is 1. The molecule has 0 aliphatic heterocycles. The smallest absolute Gasteiger partial charge is 0.138 e. The zero-order valence-corrected chi connectivity index (χ0v) is 10.8. The van der Waals surface area contributed by atoms with E-state index in [0.717, 1.165) is 31.2 Å². The molecule has 2 unspecified atom stereocenters. The van der Waals surface area contributed by atoms with Crippen molar-refractivity contribution in [3.63, 3.8) is 0 Å². The Morgan fingerprint density at radius 3 is 2.94 bits per heavy atom. The van der Waals surface area contributed by atoms with Crippen LogP contribution in [0.15, 0.2) is 24.3 Å². The summed E-state index contributed by atoms with van der Waals surface area (Å²) in [5.41, 5.74) is 0.773. The molecule has 0 heterocycles. The number of carbonyl (C=O) groups excluding carboxylic acids is 1. The van der Waals surface area contributed by atoms with Crippen molar-refractivity contribution in [1.82, 2.24) is 0 Å². The summed E-state index contributed by atoms with van der Waals surface area (Å²) in [6, 6.07) is 7.35. The molecule has 3 nitrogen and oxygen atoms in total. The van der Waals surface area contributed by atoms with E-state index in [2.05, 4.69) is 0 Å². The lowest BCUT2D eigenvalue weighted by Gasteiger charge is -2.20. The van der Waals surface area contributed by atoms with E-state index in [0.29, 0.717) is 12.2 Å². The van der Waals surface area contributed by atoms with Crippen molar-refractivity contribution in [2.75, 3.05) is 7.11 Å². The molecule has 1 aliphatic carbocycles. The van der Waals surface area contributed by atoms with E-state index in [1.165, 1.54) is 0 Å². The Kier molecular flexibility index (Phi) is 4.37. The van der Waals surface area contributed by atoms with Gasteiger partial charge in [0.1, 0.15) is 11.5 Å². The maximum Gasteiger partial charge on any atom is 0.138 e. The van der Waals surface area contributed by atoms with Crippen LogP contribution in [0, 0.1) is 5.92 Å². The summed E-state index contributed by atoms with van der Waals surface area (Å²) < 4.78 is 5.15. The Balaban J connectivity index is 2.17. The number of methoxy groups -OCH3 is 1. The first kappa shape index (κ1) is 13.1. The van der Waals surface area contributed by atoms with Gasteiger partial charge in [-0.15, -0.1) is 0 Å². The Labute approximate surface area is 108 Å². The maximum atomic E-state index is 12.0. The minimum absolute atomic E-state index is 0.197. The van der Waals surface area contributed by atoms with Gasteiger partial charge in [0, 0.05) is 12.3 Å². The second kappa shape index (κ2) is 6.01. The van der Waals surface area contributed by atoms with Gasteiger partial charge in [0.15, 0.2) is 0 Å². The van der Waals surface area contributed by atoms with Crippen LogP contribution in [0.5, 0.6) is 5.75 Å². The summed E-state index contributed by atoms with van der Waals surface area (Å²) in [5, 5.41) is 10.4. The SMILES string of the molecule is COc1cccc(C(O)C2CCCCCC2=O)c1. The van der Waals surface area contributed by atoms with Crippen LogP contribution >= 0.6 is 0 Å². The lowest BCUT2D eigenvalue weighted by atomic mass is 9.88. The third kappa shape index (κ3) is 2.91. The van der Waals surface area contributed by atoms with E-state index in [9.17, 15) is 9.90 Å². The molecule has 2 atom stereocenters. The quantitative estimate of drug-likeness (QED) is 0.837. The first-order valence-electron chi connectivity index (χ1n) is 6.57. The standard InChI is InChI=1S/C15H20O3/c1-18-12-7-5-6-11(10-12)15(17)13-8-3-2-4-9-14(13)16/h5-7,10,13,15,17H,2-4,8-9H2,1H3. The van der Waals surface area contributed by atoms with Crippen molar-refractivity contribution >= 4 is 5.78 Å². The fraction of sp³-hybridized carbons (Fsp3) is 0.533. The minimum Gasteiger partial charge on any atom is -0.497 e. The molecule has 3 heteroatoms. The van der Waals surface area contributed by atoms with Crippen molar-refractivity contribution < 1.29 is 14.6 Å². The second-order valence-corrected chi connectivity index (χ2v) is 4.89. The van der Waals surface area contributed by atoms with Crippen LogP contribution in [0.4, 0.5) is 0 Å². The molecule has 0 bridgehead atoms. The van der Waals surface area contributed by atoms with Gasteiger partial charge in [0.2, 0.25) is 0 Å². The lowest BCUT2D eigenvalue weighted by molar-refractivity contribution is -0.126. The number of Topliss-reactive ketones (excluding diaryl/α,β-unsaturated/α-hetero) is 1. The van der Waals surface area contributed by atoms with E-state index in [1.807, 2.05) is 24.3 Å². The zero-order chi connectivity index (χ0) is 13.0. The van der Waals surface area contributed by atoms with Crippen molar-refractivity contribution in [3.8, 4) is 5.75 Å². The highest BCUT2D eigenvalue weighted by Gasteiger charge is 2.28. The molecule has 98 valence electrons. The van der Waals surface area contributed by atoms with Crippen LogP contribution in [0.3, 0.4) is 0 Å². The highest BCUT2D eigenvalue weighted by molar-refractivity contribution is 5.82. The number of rotatable bonds is 3. The number of aliphatic hydroxyl groups excluding tert-OH is 1. The maximum absolute atomic E-state index is 12.0. The molecule has 1 saturated carbocycles. The first-order chi connectivity index (χ1) is 8.72. The van der Waals surface area contributed by atoms with E-state index in [1.54, 1.807) is 7.11 Å². The van der Waals surface area contributed by atoms with Crippen LogP contribution in [0.2, 0.25) is 0 Å². The molecule has 1 aliphatic rings. The van der Waals surface area contributed by atoms with Gasteiger partial charge in [-0.2, -0.15) is 0 Å². The second-order valence-electron chi connectivity index (χ2n) is 4.89. The summed E-state index contributed by atoms with van der Waals surface area (Å²) in [5.74, 6) is 0.662. The highest BCUT2D eigenvalue weighted by Crippen LogP contribution is 2.32. The predicted molar refractivity (Wildman–Crippen MR) is 69.5 cm³/mol. The summed E-state index contributed by atoms with van der Waals surface area (Å²) >= 11 is 0. The fourth-order valence-corrected chi connectivity index (χ4v) is 2.58. The fourth-order valence-electron chi connectivity index (χ4n) is 2.58. The molecule has 0 amide bonds. The number of aliphatic hydroxyl groups is 1. The molecule has 0 spiro atoms.